The monoisotopic (exact) mass is 268 g/mol. The number of hydrogen-bond donors (Lipinski definition) is 0. The zero-order valence-electron chi connectivity index (χ0n) is 11.0. The van der Waals surface area contributed by atoms with Crippen LogP contribution in [0.2, 0.25) is 0 Å². The van der Waals surface area contributed by atoms with Crippen molar-refractivity contribution in [3.05, 3.63) is 23.7 Å². The molecule has 0 atom stereocenters. The summed E-state index contributed by atoms with van der Waals surface area (Å²) >= 11 is 5.92. The second kappa shape index (κ2) is 5.02. The van der Waals surface area contributed by atoms with E-state index in [0.717, 1.165) is 11.3 Å². The van der Waals surface area contributed by atoms with Gasteiger partial charge >= 0.3 is 0 Å². The standard InChI is InChI=1S/C12H17ClN4O/c1-8(2)17-7-10(6-14-17)18-12-11(5-13)9(3)15-16(12)4/h6-8H,5H2,1-4H3. The van der Waals surface area contributed by atoms with Crippen LogP contribution in [0.1, 0.15) is 31.1 Å². The largest absolute Gasteiger partial charge is 0.436 e. The molecule has 0 bridgehead atoms. The van der Waals surface area contributed by atoms with E-state index in [2.05, 4.69) is 24.0 Å². The lowest BCUT2D eigenvalue weighted by Crippen LogP contribution is -2.00. The predicted octanol–water partition coefficient (Wildman–Crippen LogP) is 3.04. The molecule has 2 rings (SSSR count). The lowest BCUT2D eigenvalue weighted by Gasteiger charge is -2.05. The minimum absolute atomic E-state index is 0.308. The molecule has 0 aliphatic heterocycles. The molecule has 0 spiro atoms. The molecule has 0 unspecified atom stereocenters. The van der Waals surface area contributed by atoms with Crippen molar-refractivity contribution in [2.24, 2.45) is 7.05 Å². The van der Waals surface area contributed by atoms with Gasteiger partial charge in [0.1, 0.15) is 0 Å². The highest BCUT2D eigenvalue weighted by molar-refractivity contribution is 6.17. The summed E-state index contributed by atoms with van der Waals surface area (Å²) in [5.41, 5.74) is 1.80. The minimum Gasteiger partial charge on any atom is -0.436 e. The number of nitrogens with zero attached hydrogens (tertiary/aromatic N) is 4. The molecule has 0 saturated carbocycles. The fourth-order valence-corrected chi connectivity index (χ4v) is 2.04. The van der Waals surface area contributed by atoms with Gasteiger partial charge in [0.2, 0.25) is 5.88 Å². The number of aromatic nitrogens is 4. The summed E-state index contributed by atoms with van der Waals surface area (Å²) in [5.74, 6) is 1.75. The van der Waals surface area contributed by atoms with Crippen molar-refractivity contribution in [3.8, 4) is 11.6 Å². The fourth-order valence-electron chi connectivity index (χ4n) is 1.73. The second-order valence-corrected chi connectivity index (χ2v) is 4.75. The van der Waals surface area contributed by atoms with Crippen LogP contribution in [-0.2, 0) is 12.9 Å². The molecule has 0 fully saturated rings. The van der Waals surface area contributed by atoms with Crippen molar-refractivity contribution >= 4 is 11.6 Å². The first-order valence-corrected chi connectivity index (χ1v) is 6.36. The Hall–Kier alpha value is -1.49. The zero-order valence-corrected chi connectivity index (χ0v) is 11.8. The molecule has 0 aliphatic carbocycles. The normalized spacial score (nSPS) is 11.2. The van der Waals surface area contributed by atoms with Crippen LogP contribution in [0.4, 0.5) is 0 Å². The van der Waals surface area contributed by atoms with E-state index in [4.69, 9.17) is 16.3 Å². The van der Waals surface area contributed by atoms with Crippen LogP contribution in [0.15, 0.2) is 12.4 Å². The molecular formula is C12H17ClN4O. The van der Waals surface area contributed by atoms with Crippen LogP contribution >= 0.6 is 11.6 Å². The van der Waals surface area contributed by atoms with Crippen LogP contribution in [-0.4, -0.2) is 19.6 Å². The number of ether oxygens (including phenoxy) is 1. The summed E-state index contributed by atoms with van der Waals surface area (Å²) in [6.07, 6.45) is 3.56. The van der Waals surface area contributed by atoms with Gasteiger partial charge in [-0.2, -0.15) is 10.2 Å². The highest BCUT2D eigenvalue weighted by atomic mass is 35.5. The molecule has 0 aromatic carbocycles. The van der Waals surface area contributed by atoms with Gasteiger partial charge < -0.3 is 4.74 Å². The van der Waals surface area contributed by atoms with Crippen LogP contribution in [0.5, 0.6) is 11.6 Å². The summed E-state index contributed by atoms with van der Waals surface area (Å²) in [5, 5.41) is 8.53. The van der Waals surface area contributed by atoms with E-state index in [-0.39, 0.29) is 0 Å². The van der Waals surface area contributed by atoms with E-state index >= 15 is 0 Å². The molecule has 6 heteroatoms. The van der Waals surface area contributed by atoms with Crippen molar-refractivity contribution in [3.63, 3.8) is 0 Å². The van der Waals surface area contributed by atoms with E-state index in [1.807, 2.05) is 24.9 Å². The third-order valence-electron chi connectivity index (χ3n) is 2.74. The van der Waals surface area contributed by atoms with Gasteiger partial charge in [0.15, 0.2) is 5.75 Å². The Morgan fingerprint density at radius 1 is 1.44 bits per heavy atom. The maximum absolute atomic E-state index is 5.92. The van der Waals surface area contributed by atoms with Gasteiger partial charge in [-0.15, -0.1) is 11.6 Å². The molecule has 98 valence electrons. The predicted molar refractivity (Wildman–Crippen MR) is 70.2 cm³/mol. The Kier molecular flexibility index (Phi) is 3.61. The fraction of sp³-hybridized carbons (Fsp3) is 0.500. The Morgan fingerprint density at radius 3 is 2.72 bits per heavy atom. The summed E-state index contributed by atoms with van der Waals surface area (Å²) in [6.45, 7) is 6.05. The molecule has 0 radical (unpaired) electrons. The van der Waals surface area contributed by atoms with Crippen molar-refractivity contribution < 1.29 is 4.74 Å². The van der Waals surface area contributed by atoms with E-state index in [1.54, 1.807) is 10.9 Å². The molecule has 5 nitrogen and oxygen atoms in total. The molecule has 0 saturated heterocycles. The number of hydrogen-bond acceptors (Lipinski definition) is 3. The first kappa shape index (κ1) is 13.0. The molecule has 18 heavy (non-hydrogen) atoms. The number of aryl methyl sites for hydroxylation is 2. The smallest absolute Gasteiger partial charge is 0.222 e. The third-order valence-corrected chi connectivity index (χ3v) is 3.01. The number of rotatable bonds is 4. The van der Waals surface area contributed by atoms with Gasteiger partial charge in [0, 0.05) is 13.1 Å². The van der Waals surface area contributed by atoms with Gasteiger partial charge in [0.25, 0.3) is 0 Å². The zero-order chi connectivity index (χ0) is 13.3. The van der Waals surface area contributed by atoms with E-state index < -0.39 is 0 Å². The Labute approximate surface area is 111 Å². The summed E-state index contributed by atoms with van der Waals surface area (Å²) in [6, 6.07) is 0.308. The average Bonchev–Trinajstić information content (AvgIpc) is 2.86. The highest BCUT2D eigenvalue weighted by Gasteiger charge is 2.15. The van der Waals surface area contributed by atoms with Crippen LogP contribution in [0, 0.1) is 6.92 Å². The van der Waals surface area contributed by atoms with Crippen LogP contribution in [0.3, 0.4) is 0 Å². The third kappa shape index (κ3) is 2.36. The van der Waals surface area contributed by atoms with Crippen LogP contribution < -0.4 is 4.74 Å². The van der Waals surface area contributed by atoms with Gasteiger partial charge in [-0.1, -0.05) is 0 Å². The minimum atomic E-state index is 0.308. The van der Waals surface area contributed by atoms with E-state index in [1.165, 1.54) is 0 Å². The Balaban J connectivity index is 2.27. The van der Waals surface area contributed by atoms with E-state index in [9.17, 15) is 0 Å². The summed E-state index contributed by atoms with van der Waals surface area (Å²) in [7, 11) is 1.84. The van der Waals surface area contributed by atoms with Crippen LogP contribution in [0.25, 0.3) is 0 Å². The first-order valence-electron chi connectivity index (χ1n) is 5.83. The topological polar surface area (TPSA) is 44.9 Å². The van der Waals surface area contributed by atoms with Crippen molar-refractivity contribution in [1.29, 1.82) is 0 Å². The molecule has 0 N–H and O–H groups in total. The highest BCUT2D eigenvalue weighted by Crippen LogP contribution is 2.28. The number of halogens is 1. The quantitative estimate of drug-likeness (QED) is 0.801. The second-order valence-electron chi connectivity index (χ2n) is 4.48. The van der Waals surface area contributed by atoms with Crippen molar-refractivity contribution in [1.82, 2.24) is 19.6 Å². The van der Waals surface area contributed by atoms with E-state index in [0.29, 0.717) is 23.6 Å². The van der Waals surface area contributed by atoms with Gasteiger partial charge in [0.05, 0.1) is 29.5 Å². The van der Waals surface area contributed by atoms with Gasteiger partial charge in [-0.25, -0.2) is 4.68 Å². The number of alkyl halides is 1. The summed E-state index contributed by atoms with van der Waals surface area (Å²) in [4.78, 5) is 0. The lowest BCUT2D eigenvalue weighted by molar-refractivity contribution is 0.425. The maximum atomic E-state index is 5.92. The molecule has 2 aromatic heterocycles. The average molecular weight is 269 g/mol. The Bertz CT molecular complexity index is 544. The molecule has 0 amide bonds. The Morgan fingerprint density at radius 2 is 2.17 bits per heavy atom. The molecule has 2 heterocycles. The van der Waals surface area contributed by atoms with Crippen molar-refractivity contribution in [2.75, 3.05) is 0 Å². The first-order chi connectivity index (χ1) is 8.52. The summed E-state index contributed by atoms with van der Waals surface area (Å²) < 4.78 is 9.36. The lowest BCUT2D eigenvalue weighted by atomic mass is 10.3. The molecular weight excluding hydrogens is 252 g/mol. The molecule has 2 aromatic rings. The van der Waals surface area contributed by atoms with Gasteiger partial charge in [-0.05, 0) is 20.8 Å². The SMILES string of the molecule is Cc1nn(C)c(Oc2cnn(C(C)C)c2)c1CCl. The van der Waals surface area contributed by atoms with Gasteiger partial charge in [-0.3, -0.25) is 4.68 Å². The maximum Gasteiger partial charge on any atom is 0.222 e. The molecule has 0 aliphatic rings. The van der Waals surface area contributed by atoms with Crippen molar-refractivity contribution in [2.45, 2.75) is 32.7 Å².